The number of nitrogens with two attached hydrogens (primary N) is 1. The van der Waals surface area contributed by atoms with Crippen LogP contribution < -0.4 is 25.4 Å². The third-order valence-electron chi connectivity index (χ3n) is 6.53. The van der Waals surface area contributed by atoms with E-state index in [4.69, 9.17) is 15.2 Å². The second-order valence-electron chi connectivity index (χ2n) is 9.00. The van der Waals surface area contributed by atoms with Crippen LogP contribution in [0.4, 0.5) is 17.5 Å². The van der Waals surface area contributed by atoms with E-state index in [2.05, 4.69) is 60.7 Å². The number of rotatable bonds is 7. The zero-order valence-electron chi connectivity index (χ0n) is 20.4. The molecule has 1 unspecified atom stereocenters. The summed E-state index contributed by atoms with van der Waals surface area (Å²) < 4.78 is 11.5. The average molecular weight is 494 g/mol. The van der Waals surface area contributed by atoms with Crippen molar-refractivity contribution in [3.63, 3.8) is 0 Å². The van der Waals surface area contributed by atoms with E-state index < -0.39 is 0 Å². The molecule has 4 N–H and O–H groups in total. The molecule has 0 saturated heterocycles. The second kappa shape index (κ2) is 9.69. The van der Waals surface area contributed by atoms with Crippen molar-refractivity contribution in [1.82, 2.24) is 20.2 Å². The van der Waals surface area contributed by atoms with Crippen molar-refractivity contribution in [3.8, 4) is 17.2 Å². The lowest BCUT2D eigenvalue weighted by Gasteiger charge is -2.37. The van der Waals surface area contributed by atoms with Gasteiger partial charge in [-0.15, -0.1) is 0 Å². The second-order valence-corrected chi connectivity index (χ2v) is 9.00. The highest BCUT2D eigenvalue weighted by atomic mass is 16.5. The van der Waals surface area contributed by atoms with Gasteiger partial charge in [-0.3, -0.25) is 5.10 Å². The number of hydrogen-bond donors (Lipinski definition) is 3. The summed E-state index contributed by atoms with van der Waals surface area (Å²) in [6.07, 6.45) is 2.58. The Balaban J connectivity index is 1.27. The van der Waals surface area contributed by atoms with Crippen molar-refractivity contribution in [2.24, 2.45) is 0 Å². The summed E-state index contributed by atoms with van der Waals surface area (Å²) in [6, 6.07) is 24.4. The van der Waals surface area contributed by atoms with Gasteiger partial charge in [-0.1, -0.05) is 36.4 Å². The molecule has 0 saturated carbocycles. The third kappa shape index (κ3) is 4.71. The van der Waals surface area contributed by atoms with Gasteiger partial charge in [-0.25, -0.2) is 0 Å². The maximum atomic E-state index is 6.27. The smallest absolute Gasteiger partial charge is 0.224 e. The topological polar surface area (TPSA) is 114 Å². The van der Waals surface area contributed by atoms with E-state index in [-0.39, 0.29) is 12.0 Å². The Hall–Kier alpha value is -4.79. The van der Waals surface area contributed by atoms with Crippen molar-refractivity contribution in [2.45, 2.75) is 19.0 Å². The number of nitrogens with one attached hydrogen (secondary N) is 2. The van der Waals surface area contributed by atoms with Crippen molar-refractivity contribution in [2.75, 3.05) is 29.6 Å². The molecule has 1 aliphatic heterocycles. The largest absolute Gasteiger partial charge is 0.497 e. The maximum absolute atomic E-state index is 6.27. The number of fused-ring (bicyclic) bond motifs is 2. The highest BCUT2D eigenvalue weighted by molar-refractivity contribution is 5.87. The first kappa shape index (κ1) is 22.7. The number of hydrogen-bond acceptors (Lipinski definition) is 8. The molecule has 0 radical (unpaired) electrons. The monoisotopic (exact) mass is 493 g/mol. The van der Waals surface area contributed by atoms with Crippen molar-refractivity contribution in [3.05, 3.63) is 90.1 Å². The number of para-hydroxylation sites is 2. The normalized spacial score (nSPS) is 14.8. The Morgan fingerprint density at radius 3 is 2.65 bits per heavy atom. The van der Waals surface area contributed by atoms with Gasteiger partial charge in [0.1, 0.15) is 23.1 Å². The summed E-state index contributed by atoms with van der Waals surface area (Å²) in [5, 5.41) is 11.4. The predicted molar refractivity (Wildman–Crippen MR) is 144 cm³/mol. The summed E-state index contributed by atoms with van der Waals surface area (Å²) in [6.45, 7) is 1.46. The molecule has 0 aliphatic carbocycles. The summed E-state index contributed by atoms with van der Waals surface area (Å²) in [7, 11) is 1.65. The van der Waals surface area contributed by atoms with E-state index in [1.165, 1.54) is 11.3 Å². The first-order valence-corrected chi connectivity index (χ1v) is 12.1. The van der Waals surface area contributed by atoms with Gasteiger partial charge in [-0.2, -0.15) is 15.1 Å². The lowest BCUT2D eigenvalue weighted by molar-refractivity contribution is 0.412. The van der Waals surface area contributed by atoms with Crippen molar-refractivity contribution >= 4 is 28.5 Å². The quantitative estimate of drug-likeness (QED) is 0.297. The molecule has 1 aliphatic rings. The number of aromatic nitrogens is 4. The lowest BCUT2D eigenvalue weighted by Crippen LogP contribution is -2.42. The number of nitrogens with zero attached hydrogens (tertiary/aromatic N) is 4. The molecular weight excluding hydrogens is 466 g/mol. The van der Waals surface area contributed by atoms with Crippen LogP contribution in [0, 0.1) is 0 Å². The first-order valence-electron chi connectivity index (χ1n) is 12.1. The molecule has 186 valence electrons. The van der Waals surface area contributed by atoms with E-state index in [1.807, 2.05) is 42.5 Å². The molecule has 3 heterocycles. The zero-order chi connectivity index (χ0) is 25.2. The molecule has 9 nitrogen and oxygen atoms in total. The number of H-pyrrole nitrogens is 1. The molecule has 5 aromatic rings. The van der Waals surface area contributed by atoms with Gasteiger partial charge in [0.2, 0.25) is 5.95 Å². The van der Waals surface area contributed by atoms with Crippen LogP contribution >= 0.6 is 0 Å². The zero-order valence-corrected chi connectivity index (χ0v) is 20.4. The van der Waals surface area contributed by atoms with E-state index in [1.54, 1.807) is 13.3 Å². The highest BCUT2D eigenvalue weighted by Gasteiger charge is 2.26. The van der Waals surface area contributed by atoms with Gasteiger partial charge in [0, 0.05) is 30.4 Å². The van der Waals surface area contributed by atoms with Crippen molar-refractivity contribution < 1.29 is 9.47 Å². The molecule has 0 bridgehead atoms. The number of benzene rings is 3. The summed E-state index contributed by atoms with van der Waals surface area (Å²) in [5.74, 6) is 3.27. The molecule has 37 heavy (non-hydrogen) atoms. The number of ether oxygens (including phenoxy) is 2. The van der Waals surface area contributed by atoms with Crippen molar-refractivity contribution in [1.29, 1.82) is 0 Å². The van der Waals surface area contributed by atoms with Gasteiger partial charge in [0.05, 0.1) is 18.7 Å². The van der Waals surface area contributed by atoms with E-state index >= 15 is 0 Å². The average Bonchev–Trinajstić information content (AvgIpc) is 3.39. The van der Waals surface area contributed by atoms with E-state index in [0.29, 0.717) is 18.0 Å². The fourth-order valence-electron chi connectivity index (χ4n) is 4.80. The van der Waals surface area contributed by atoms with Crippen LogP contribution in [0.3, 0.4) is 0 Å². The summed E-state index contributed by atoms with van der Waals surface area (Å²) in [4.78, 5) is 11.1. The predicted octanol–water partition coefficient (Wildman–Crippen LogP) is 4.78. The van der Waals surface area contributed by atoms with Gasteiger partial charge in [0.15, 0.2) is 5.65 Å². The number of aromatic amines is 1. The Morgan fingerprint density at radius 1 is 1.00 bits per heavy atom. The van der Waals surface area contributed by atoms with Gasteiger partial charge in [0.25, 0.3) is 0 Å². The van der Waals surface area contributed by atoms with Crippen LogP contribution in [-0.2, 0) is 13.0 Å². The minimum Gasteiger partial charge on any atom is -0.497 e. The van der Waals surface area contributed by atoms with Crippen LogP contribution in [-0.4, -0.2) is 39.9 Å². The van der Waals surface area contributed by atoms with E-state index in [9.17, 15) is 0 Å². The fourth-order valence-corrected chi connectivity index (χ4v) is 4.80. The Bertz CT molecular complexity index is 1530. The first-order chi connectivity index (χ1) is 18.2. The van der Waals surface area contributed by atoms with Crippen LogP contribution in [0.1, 0.15) is 11.1 Å². The third-order valence-corrected chi connectivity index (χ3v) is 6.53. The molecule has 9 heteroatoms. The van der Waals surface area contributed by atoms with Gasteiger partial charge < -0.3 is 25.4 Å². The minimum absolute atomic E-state index is 0.108. The SMILES string of the molecule is COc1ccc(Oc2ccccc2CN2CC(Nc3nc(N)nc4[nH]ncc34)Cc3ccccc32)cc1. The van der Waals surface area contributed by atoms with Crippen LogP contribution in [0.25, 0.3) is 11.0 Å². The summed E-state index contributed by atoms with van der Waals surface area (Å²) >= 11 is 0. The minimum atomic E-state index is 0.108. The molecule has 0 spiro atoms. The molecule has 2 aromatic heterocycles. The summed E-state index contributed by atoms with van der Waals surface area (Å²) in [5.41, 5.74) is 10.1. The molecule has 3 aromatic carbocycles. The molecule has 0 fully saturated rings. The van der Waals surface area contributed by atoms with Crippen LogP contribution in [0.15, 0.2) is 79.0 Å². The maximum Gasteiger partial charge on any atom is 0.224 e. The van der Waals surface area contributed by atoms with E-state index in [0.717, 1.165) is 41.2 Å². The Labute approximate surface area is 214 Å². The Morgan fingerprint density at radius 2 is 1.78 bits per heavy atom. The molecule has 1 atom stereocenters. The Kier molecular flexibility index (Phi) is 5.94. The number of nitrogen functional groups attached to an aromatic ring is 1. The van der Waals surface area contributed by atoms with Gasteiger partial charge >= 0.3 is 0 Å². The fraction of sp³-hybridized carbons (Fsp3) is 0.179. The van der Waals surface area contributed by atoms with Gasteiger partial charge in [-0.05, 0) is 48.4 Å². The highest BCUT2D eigenvalue weighted by Crippen LogP contribution is 2.33. The molecule has 0 amide bonds. The number of anilines is 3. The molecule has 6 rings (SSSR count). The molecular formula is C28H27N7O2. The lowest BCUT2D eigenvalue weighted by atomic mass is 9.97. The number of methoxy groups -OCH3 is 1. The van der Waals surface area contributed by atoms with Crippen LogP contribution in [0.2, 0.25) is 0 Å². The standard InChI is InChI=1S/C28H27N7O2/c1-36-21-10-12-22(13-11-21)37-25-9-5-3-7-19(25)16-35-17-20(14-18-6-2-4-8-24(18)35)31-26-23-15-30-34-27(23)33-28(29)32-26/h2-13,15,20H,14,16-17H2,1H3,(H4,29,30,31,32,33,34). The van der Waals surface area contributed by atoms with Crippen LogP contribution in [0.5, 0.6) is 17.2 Å².